The van der Waals surface area contributed by atoms with Crippen molar-refractivity contribution in [2.24, 2.45) is 5.73 Å². The predicted molar refractivity (Wildman–Crippen MR) is 82.6 cm³/mol. The van der Waals surface area contributed by atoms with Crippen molar-refractivity contribution in [1.29, 1.82) is 0 Å². The topological polar surface area (TPSA) is 58.4 Å². The first-order valence-corrected chi connectivity index (χ1v) is 6.92. The van der Waals surface area contributed by atoms with Crippen molar-refractivity contribution < 1.29 is 4.79 Å². The fourth-order valence-electron chi connectivity index (χ4n) is 2.43. The number of nitrogens with one attached hydrogen (secondary N) is 1. The zero-order chi connectivity index (χ0) is 13.6. The molecule has 1 heterocycles. The van der Waals surface area contributed by atoms with Gasteiger partial charge in [-0.2, -0.15) is 0 Å². The highest BCUT2D eigenvalue weighted by molar-refractivity contribution is 5.86. The Kier molecular flexibility index (Phi) is 8.30. The van der Waals surface area contributed by atoms with Crippen LogP contribution in [-0.4, -0.2) is 42.0 Å². The average Bonchev–Trinajstić information content (AvgIpc) is 2.32. The summed E-state index contributed by atoms with van der Waals surface area (Å²) in [6.07, 6.45) is 5.59. The Morgan fingerprint density at radius 2 is 2.11 bits per heavy atom. The molecule has 1 unspecified atom stereocenters. The Morgan fingerprint density at radius 3 is 2.58 bits per heavy atom. The molecule has 3 N–H and O–H groups in total. The van der Waals surface area contributed by atoms with Crippen molar-refractivity contribution in [3.05, 3.63) is 12.7 Å². The van der Waals surface area contributed by atoms with Crippen LogP contribution >= 0.6 is 12.4 Å². The summed E-state index contributed by atoms with van der Waals surface area (Å²) in [5.74, 6) is -0.00785. The number of nitrogens with zero attached hydrogens (tertiary/aromatic N) is 1. The number of likely N-dealkylation sites (tertiary alicyclic amines) is 1. The number of carbonyl (C=O) groups is 1. The summed E-state index contributed by atoms with van der Waals surface area (Å²) in [7, 11) is 0. The van der Waals surface area contributed by atoms with Gasteiger partial charge in [0.1, 0.15) is 0 Å². The third-order valence-corrected chi connectivity index (χ3v) is 3.60. The lowest BCUT2D eigenvalue weighted by molar-refractivity contribution is -0.127. The molecule has 4 nitrogen and oxygen atoms in total. The lowest BCUT2D eigenvalue weighted by atomic mass is 9.95. The number of halogens is 1. The van der Waals surface area contributed by atoms with E-state index in [9.17, 15) is 4.79 Å². The molecule has 0 bridgehead atoms. The van der Waals surface area contributed by atoms with Crippen molar-refractivity contribution in [3.8, 4) is 0 Å². The maximum atomic E-state index is 12.1. The minimum atomic E-state index is -0.729. The second kappa shape index (κ2) is 8.56. The number of amides is 1. The van der Waals surface area contributed by atoms with E-state index in [1.807, 2.05) is 19.9 Å². The molecular formula is C14H28ClN3O. The van der Waals surface area contributed by atoms with Gasteiger partial charge in [-0.25, -0.2) is 0 Å². The van der Waals surface area contributed by atoms with E-state index >= 15 is 0 Å². The standard InChI is InChI=1S/C14H27N3O.ClH/c1-4-8-14(3,15)13(18)16-12-6-10-17(9-5-2)11-7-12;/h5,12H,2,4,6-11,15H2,1,3H3,(H,16,18);1H. The number of carbonyl (C=O) groups excluding carboxylic acids is 1. The van der Waals surface area contributed by atoms with Crippen molar-refractivity contribution >= 4 is 18.3 Å². The fraction of sp³-hybridized carbons (Fsp3) is 0.786. The molecule has 19 heavy (non-hydrogen) atoms. The molecular weight excluding hydrogens is 262 g/mol. The van der Waals surface area contributed by atoms with E-state index in [2.05, 4.69) is 16.8 Å². The minimum Gasteiger partial charge on any atom is -0.352 e. The van der Waals surface area contributed by atoms with E-state index in [-0.39, 0.29) is 24.4 Å². The molecule has 1 rings (SSSR count). The Morgan fingerprint density at radius 1 is 1.53 bits per heavy atom. The molecule has 1 amide bonds. The smallest absolute Gasteiger partial charge is 0.240 e. The van der Waals surface area contributed by atoms with Crippen molar-refractivity contribution in [2.75, 3.05) is 19.6 Å². The van der Waals surface area contributed by atoms with Gasteiger partial charge in [0.25, 0.3) is 0 Å². The maximum Gasteiger partial charge on any atom is 0.240 e. The summed E-state index contributed by atoms with van der Waals surface area (Å²) in [6.45, 7) is 10.6. The molecule has 112 valence electrons. The van der Waals surface area contributed by atoms with Crippen LogP contribution in [0, 0.1) is 0 Å². The molecule has 1 atom stereocenters. The van der Waals surface area contributed by atoms with Crippen molar-refractivity contribution in [3.63, 3.8) is 0 Å². The summed E-state index contributed by atoms with van der Waals surface area (Å²) in [5.41, 5.74) is 5.30. The van der Waals surface area contributed by atoms with Gasteiger partial charge in [-0.05, 0) is 26.2 Å². The monoisotopic (exact) mass is 289 g/mol. The number of nitrogens with two attached hydrogens (primary N) is 1. The highest BCUT2D eigenvalue weighted by Crippen LogP contribution is 2.13. The van der Waals surface area contributed by atoms with E-state index in [4.69, 9.17) is 5.73 Å². The summed E-state index contributed by atoms with van der Waals surface area (Å²) < 4.78 is 0. The Balaban J connectivity index is 0.00000324. The molecule has 0 aromatic heterocycles. The van der Waals surface area contributed by atoms with Crippen LogP contribution in [0.5, 0.6) is 0 Å². The van der Waals surface area contributed by atoms with E-state index < -0.39 is 5.54 Å². The van der Waals surface area contributed by atoms with Gasteiger partial charge in [-0.15, -0.1) is 19.0 Å². The van der Waals surface area contributed by atoms with Crippen LogP contribution in [0.15, 0.2) is 12.7 Å². The van der Waals surface area contributed by atoms with Gasteiger partial charge in [-0.3, -0.25) is 9.69 Å². The molecule has 0 radical (unpaired) electrons. The van der Waals surface area contributed by atoms with Gasteiger partial charge in [0.15, 0.2) is 0 Å². The van der Waals surface area contributed by atoms with Gasteiger partial charge in [0.2, 0.25) is 5.91 Å². The Labute approximate surface area is 123 Å². The largest absolute Gasteiger partial charge is 0.352 e. The summed E-state index contributed by atoms with van der Waals surface area (Å²) in [6, 6.07) is 0.276. The van der Waals surface area contributed by atoms with Crippen LogP contribution in [-0.2, 0) is 4.79 Å². The van der Waals surface area contributed by atoms with Crippen LogP contribution in [0.3, 0.4) is 0 Å². The molecule has 0 aliphatic carbocycles. The highest BCUT2D eigenvalue weighted by atomic mass is 35.5. The molecule has 1 fully saturated rings. The van der Waals surface area contributed by atoms with Crippen molar-refractivity contribution in [1.82, 2.24) is 10.2 Å². The first-order chi connectivity index (χ1) is 8.49. The number of piperidine rings is 1. The van der Waals surface area contributed by atoms with Crippen LogP contribution in [0.25, 0.3) is 0 Å². The maximum absolute atomic E-state index is 12.1. The third kappa shape index (κ3) is 5.93. The second-order valence-corrected chi connectivity index (χ2v) is 5.50. The summed E-state index contributed by atoms with van der Waals surface area (Å²) >= 11 is 0. The van der Waals surface area contributed by atoms with Crippen LogP contribution in [0.4, 0.5) is 0 Å². The molecule has 1 aliphatic heterocycles. The molecule has 1 aliphatic rings. The number of hydrogen-bond donors (Lipinski definition) is 2. The number of rotatable bonds is 6. The van der Waals surface area contributed by atoms with E-state index in [1.165, 1.54) is 0 Å². The van der Waals surface area contributed by atoms with Gasteiger partial charge in [-0.1, -0.05) is 19.4 Å². The highest BCUT2D eigenvalue weighted by Gasteiger charge is 2.29. The Hall–Kier alpha value is -0.580. The molecule has 0 saturated carbocycles. The van der Waals surface area contributed by atoms with Crippen molar-refractivity contribution in [2.45, 2.75) is 51.1 Å². The molecule has 0 spiro atoms. The van der Waals surface area contributed by atoms with Gasteiger partial charge in [0, 0.05) is 25.7 Å². The van der Waals surface area contributed by atoms with Gasteiger partial charge < -0.3 is 11.1 Å². The second-order valence-electron chi connectivity index (χ2n) is 5.50. The van der Waals surface area contributed by atoms with E-state index in [0.29, 0.717) is 0 Å². The predicted octanol–water partition coefficient (Wildman–Crippen LogP) is 1.69. The quantitative estimate of drug-likeness (QED) is 0.732. The molecule has 0 aromatic rings. The molecule has 5 heteroatoms. The first-order valence-electron chi connectivity index (χ1n) is 6.92. The normalized spacial score (nSPS) is 20.2. The SMILES string of the molecule is C=CCN1CCC(NC(=O)C(C)(N)CCC)CC1.Cl. The first kappa shape index (κ1) is 18.4. The number of hydrogen-bond acceptors (Lipinski definition) is 3. The average molecular weight is 290 g/mol. The summed E-state index contributed by atoms with van der Waals surface area (Å²) in [4.78, 5) is 14.4. The van der Waals surface area contributed by atoms with E-state index in [0.717, 1.165) is 45.3 Å². The molecule has 1 saturated heterocycles. The van der Waals surface area contributed by atoms with Gasteiger partial charge >= 0.3 is 0 Å². The van der Waals surface area contributed by atoms with Gasteiger partial charge in [0.05, 0.1) is 5.54 Å². The zero-order valence-corrected chi connectivity index (χ0v) is 13.0. The molecule has 0 aromatic carbocycles. The fourth-order valence-corrected chi connectivity index (χ4v) is 2.43. The minimum absolute atomic E-state index is 0. The van der Waals surface area contributed by atoms with Crippen LogP contribution < -0.4 is 11.1 Å². The zero-order valence-electron chi connectivity index (χ0n) is 12.2. The lowest BCUT2D eigenvalue weighted by Crippen LogP contribution is -2.55. The van der Waals surface area contributed by atoms with Crippen LogP contribution in [0.2, 0.25) is 0 Å². The Bertz CT molecular complexity index is 286. The summed E-state index contributed by atoms with van der Waals surface area (Å²) in [5, 5.41) is 3.09. The third-order valence-electron chi connectivity index (χ3n) is 3.60. The van der Waals surface area contributed by atoms with E-state index in [1.54, 1.807) is 0 Å². The van der Waals surface area contributed by atoms with Crippen LogP contribution in [0.1, 0.15) is 39.5 Å². The lowest BCUT2D eigenvalue weighted by Gasteiger charge is -2.33.